The van der Waals surface area contributed by atoms with Gasteiger partial charge in [-0.3, -0.25) is 19.2 Å². The van der Waals surface area contributed by atoms with Crippen molar-refractivity contribution in [2.75, 3.05) is 39.8 Å². The Hall–Kier alpha value is -2.36. The van der Waals surface area contributed by atoms with Crippen LogP contribution in [0.15, 0.2) is 21.2 Å². The normalized spacial score (nSPS) is 16.4. The van der Waals surface area contributed by atoms with Crippen LogP contribution in [0.25, 0.3) is 0 Å². The number of nitrogens with one attached hydrogen (secondary N) is 1. The minimum absolute atomic E-state index is 0.0803. The molecular weight excluding hydrogens is 434 g/mol. The lowest BCUT2D eigenvalue weighted by molar-refractivity contribution is -0.152. The van der Waals surface area contributed by atoms with Gasteiger partial charge >= 0.3 is 5.97 Å². The van der Waals surface area contributed by atoms with E-state index in [2.05, 4.69) is 21.2 Å². The second kappa shape index (κ2) is 10.3. The number of rotatable bonds is 7. The van der Waals surface area contributed by atoms with Crippen molar-refractivity contribution in [1.82, 2.24) is 15.1 Å². The highest BCUT2D eigenvalue weighted by Gasteiger charge is 2.30. The van der Waals surface area contributed by atoms with Gasteiger partial charge in [0.15, 0.2) is 10.4 Å². The van der Waals surface area contributed by atoms with Crippen molar-refractivity contribution in [3.05, 3.63) is 22.6 Å². The predicted molar refractivity (Wildman–Crippen MR) is 102 cm³/mol. The zero-order chi connectivity index (χ0) is 20.7. The van der Waals surface area contributed by atoms with E-state index in [0.29, 0.717) is 37.2 Å². The Kier molecular flexibility index (Phi) is 8.04. The Bertz CT molecular complexity index is 735. The fourth-order valence-electron chi connectivity index (χ4n) is 2.86. The van der Waals surface area contributed by atoms with E-state index in [1.807, 2.05) is 0 Å². The summed E-state index contributed by atoms with van der Waals surface area (Å²) in [4.78, 5) is 51.3. The molecule has 9 nitrogen and oxygen atoms in total. The first kappa shape index (κ1) is 21.9. The molecule has 0 radical (unpaired) electrons. The Morgan fingerprint density at radius 2 is 2.11 bits per heavy atom. The van der Waals surface area contributed by atoms with E-state index in [4.69, 9.17) is 9.15 Å². The lowest BCUT2D eigenvalue weighted by atomic mass is 9.98. The summed E-state index contributed by atoms with van der Waals surface area (Å²) >= 11 is 3.10. The number of nitrogens with zero attached hydrogens (tertiary/aromatic N) is 2. The average molecular weight is 458 g/mol. The summed E-state index contributed by atoms with van der Waals surface area (Å²) in [6.45, 7) is 2.50. The molecule has 1 N–H and O–H groups in total. The van der Waals surface area contributed by atoms with Gasteiger partial charge < -0.3 is 24.3 Å². The van der Waals surface area contributed by atoms with Crippen LogP contribution in [-0.2, 0) is 19.1 Å². The van der Waals surface area contributed by atoms with Crippen molar-refractivity contribution in [3.63, 3.8) is 0 Å². The molecule has 28 heavy (non-hydrogen) atoms. The largest absolute Gasteiger partial charge is 0.466 e. The summed E-state index contributed by atoms with van der Waals surface area (Å²) < 4.78 is 10.6. The van der Waals surface area contributed by atoms with Crippen LogP contribution in [0.3, 0.4) is 0 Å². The molecule has 1 aliphatic heterocycles. The first-order chi connectivity index (χ1) is 13.3. The molecule has 0 bridgehead atoms. The van der Waals surface area contributed by atoms with E-state index in [-0.39, 0.29) is 36.6 Å². The van der Waals surface area contributed by atoms with Gasteiger partial charge in [-0.25, -0.2) is 0 Å². The number of hydrogen-bond acceptors (Lipinski definition) is 6. The summed E-state index contributed by atoms with van der Waals surface area (Å²) in [6.07, 6.45) is 1.40. The number of carbonyl (C=O) groups is 4. The summed E-state index contributed by atoms with van der Waals surface area (Å²) in [5.41, 5.74) is 0. The number of furan rings is 1. The van der Waals surface area contributed by atoms with E-state index >= 15 is 0 Å². The number of carbonyl (C=O) groups excluding carboxylic acids is 4. The van der Waals surface area contributed by atoms with Gasteiger partial charge in [0.2, 0.25) is 11.8 Å². The van der Waals surface area contributed by atoms with Gasteiger partial charge in [-0.2, -0.15) is 0 Å². The maximum absolute atomic E-state index is 12.5. The Morgan fingerprint density at radius 1 is 1.36 bits per heavy atom. The number of piperidine rings is 1. The van der Waals surface area contributed by atoms with Crippen LogP contribution in [0, 0.1) is 5.92 Å². The average Bonchev–Trinajstić information content (AvgIpc) is 3.12. The second-order valence-electron chi connectivity index (χ2n) is 6.47. The molecule has 0 aromatic carbocycles. The van der Waals surface area contributed by atoms with Crippen molar-refractivity contribution < 1.29 is 28.3 Å². The molecule has 0 spiro atoms. The van der Waals surface area contributed by atoms with E-state index in [1.54, 1.807) is 17.9 Å². The number of likely N-dealkylation sites (tertiary alicyclic amines) is 1. The smallest absolute Gasteiger partial charge is 0.310 e. The zero-order valence-corrected chi connectivity index (χ0v) is 17.5. The van der Waals surface area contributed by atoms with Crippen LogP contribution in [0.5, 0.6) is 0 Å². The number of hydrogen-bond donors (Lipinski definition) is 1. The Morgan fingerprint density at radius 3 is 2.75 bits per heavy atom. The van der Waals surface area contributed by atoms with Crippen LogP contribution >= 0.6 is 15.9 Å². The molecule has 1 aliphatic rings. The minimum Gasteiger partial charge on any atom is -0.466 e. The van der Waals surface area contributed by atoms with Crippen LogP contribution in [0.1, 0.15) is 30.3 Å². The van der Waals surface area contributed by atoms with Crippen molar-refractivity contribution >= 4 is 39.6 Å². The molecule has 10 heteroatoms. The van der Waals surface area contributed by atoms with Crippen molar-refractivity contribution in [2.45, 2.75) is 19.8 Å². The molecule has 154 valence electrons. The molecule has 2 heterocycles. The highest BCUT2D eigenvalue weighted by Crippen LogP contribution is 2.18. The molecule has 0 aliphatic carbocycles. The van der Waals surface area contributed by atoms with Crippen LogP contribution in [-0.4, -0.2) is 73.3 Å². The van der Waals surface area contributed by atoms with E-state index in [0.717, 1.165) is 0 Å². The van der Waals surface area contributed by atoms with Crippen molar-refractivity contribution in [2.24, 2.45) is 5.92 Å². The quantitative estimate of drug-likeness (QED) is 0.612. The third-order valence-corrected chi connectivity index (χ3v) is 4.82. The molecule has 1 aromatic heterocycles. The minimum atomic E-state index is -0.521. The van der Waals surface area contributed by atoms with Crippen molar-refractivity contribution in [1.29, 1.82) is 0 Å². The molecule has 1 atom stereocenters. The number of amides is 3. The lowest BCUT2D eigenvalue weighted by Gasteiger charge is -2.32. The zero-order valence-electron chi connectivity index (χ0n) is 15.9. The Labute approximate surface area is 171 Å². The summed E-state index contributed by atoms with van der Waals surface area (Å²) in [5, 5.41) is 2.45. The maximum Gasteiger partial charge on any atom is 0.310 e. The molecule has 2 rings (SSSR count). The van der Waals surface area contributed by atoms with Gasteiger partial charge in [-0.05, 0) is 47.8 Å². The standard InChI is InChI=1S/C18H24BrN3O6/c1-3-27-18(26)12-5-4-8-22(10-12)16(24)11-21(2)15(23)9-20-17(25)13-6-7-14(19)28-13/h6-7,12H,3-5,8-11H2,1-2H3,(H,20,25). The SMILES string of the molecule is CCOC(=O)C1CCCN(C(=O)CN(C)C(=O)CNC(=O)c2ccc(Br)o2)C1. The molecule has 1 aromatic rings. The molecule has 0 saturated carbocycles. The monoisotopic (exact) mass is 457 g/mol. The van der Waals surface area contributed by atoms with Gasteiger partial charge in [0, 0.05) is 20.1 Å². The summed E-state index contributed by atoms with van der Waals surface area (Å²) in [5.74, 6) is -1.72. The van der Waals surface area contributed by atoms with E-state index in [9.17, 15) is 19.2 Å². The number of ether oxygens (including phenoxy) is 1. The van der Waals surface area contributed by atoms with Gasteiger partial charge in [0.25, 0.3) is 5.91 Å². The highest BCUT2D eigenvalue weighted by atomic mass is 79.9. The van der Waals surface area contributed by atoms with Crippen LogP contribution < -0.4 is 5.32 Å². The van der Waals surface area contributed by atoms with Crippen molar-refractivity contribution in [3.8, 4) is 0 Å². The fourth-order valence-corrected chi connectivity index (χ4v) is 3.17. The lowest BCUT2D eigenvalue weighted by Crippen LogP contribution is -2.48. The van der Waals surface area contributed by atoms with E-state index < -0.39 is 11.8 Å². The van der Waals surface area contributed by atoms with E-state index in [1.165, 1.54) is 18.0 Å². The number of halogens is 1. The van der Waals surface area contributed by atoms with Gasteiger partial charge in [-0.1, -0.05) is 0 Å². The van der Waals surface area contributed by atoms with Crippen LogP contribution in [0.4, 0.5) is 0 Å². The summed E-state index contributed by atoms with van der Waals surface area (Å²) in [6, 6.07) is 3.05. The molecule has 1 fully saturated rings. The van der Waals surface area contributed by atoms with Crippen LogP contribution in [0.2, 0.25) is 0 Å². The first-order valence-corrected chi connectivity index (χ1v) is 9.83. The van der Waals surface area contributed by atoms with Gasteiger partial charge in [-0.15, -0.1) is 0 Å². The highest BCUT2D eigenvalue weighted by molar-refractivity contribution is 9.10. The number of likely N-dealkylation sites (N-methyl/N-ethyl adjacent to an activating group) is 1. The second-order valence-corrected chi connectivity index (χ2v) is 7.25. The predicted octanol–water partition coefficient (Wildman–Crippen LogP) is 1.03. The third-order valence-electron chi connectivity index (χ3n) is 4.39. The summed E-state index contributed by atoms with van der Waals surface area (Å²) in [7, 11) is 1.49. The fraction of sp³-hybridized carbons (Fsp3) is 0.556. The first-order valence-electron chi connectivity index (χ1n) is 9.03. The van der Waals surface area contributed by atoms with Gasteiger partial charge in [0.05, 0.1) is 25.6 Å². The molecular formula is C18H24BrN3O6. The Balaban J connectivity index is 1.79. The van der Waals surface area contributed by atoms with Gasteiger partial charge in [0.1, 0.15) is 0 Å². The molecule has 3 amide bonds. The molecule has 1 saturated heterocycles. The number of esters is 1. The molecule has 1 unspecified atom stereocenters. The third kappa shape index (κ3) is 6.08. The maximum atomic E-state index is 12.5. The topological polar surface area (TPSA) is 109 Å².